The number of guanidine groups is 1. The lowest BCUT2D eigenvalue weighted by Gasteiger charge is -2.25. The smallest absolute Gasteiger partial charge is 0.250 e. The summed E-state index contributed by atoms with van der Waals surface area (Å²) in [5, 5.41) is 6.74. The molecule has 0 saturated heterocycles. The van der Waals surface area contributed by atoms with Crippen molar-refractivity contribution in [3.05, 3.63) is 70.6 Å². The molecule has 166 valence electrons. The second kappa shape index (κ2) is 15.0. The summed E-state index contributed by atoms with van der Waals surface area (Å²) in [5.74, 6) is 0.833. The van der Waals surface area contributed by atoms with Crippen LogP contribution in [0.15, 0.2) is 64.5 Å². The lowest BCUT2D eigenvalue weighted by atomic mass is 10.1. The van der Waals surface area contributed by atoms with Gasteiger partial charge in [-0.2, -0.15) is 0 Å². The molecule has 0 amide bonds. The summed E-state index contributed by atoms with van der Waals surface area (Å²) in [5.41, 5.74) is 1.40. The third kappa shape index (κ3) is 9.75. The Balaban J connectivity index is 0.00000450. The van der Waals surface area contributed by atoms with Crippen LogP contribution in [0, 0.1) is 0 Å². The summed E-state index contributed by atoms with van der Waals surface area (Å²) < 4.78 is 1.75. The predicted octanol–water partition coefficient (Wildman–Crippen LogP) is 3.32. The Bertz CT molecular complexity index is 793. The van der Waals surface area contributed by atoms with Crippen molar-refractivity contribution in [1.29, 1.82) is 0 Å². The maximum Gasteiger partial charge on any atom is 0.250 e. The quantitative estimate of drug-likeness (QED) is 0.205. The largest absolute Gasteiger partial charge is 0.356 e. The normalized spacial score (nSPS) is 12.3. The van der Waals surface area contributed by atoms with Crippen molar-refractivity contribution in [3.63, 3.8) is 0 Å². The van der Waals surface area contributed by atoms with E-state index in [0.717, 1.165) is 51.4 Å². The van der Waals surface area contributed by atoms with Crippen LogP contribution >= 0.6 is 24.0 Å². The molecule has 0 bridgehead atoms. The number of hydrogen-bond acceptors (Lipinski definition) is 3. The molecule has 1 aromatic heterocycles. The highest BCUT2D eigenvalue weighted by atomic mass is 127. The van der Waals surface area contributed by atoms with Crippen LogP contribution in [0.5, 0.6) is 0 Å². The first-order valence-electron chi connectivity index (χ1n) is 10.4. The van der Waals surface area contributed by atoms with Crippen LogP contribution in [0.2, 0.25) is 0 Å². The molecule has 0 fully saturated rings. The minimum absolute atomic E-state index is 0. The fourth-order valence-corrected chi connectivity index (χ4v) is 3.13. The fraction of sp³-hybridized carbons (Fsp3) is 0.478. The third-order valence-electron chi connectivity index (χ3n) is 5.12. The minimum Gasteiger partial charge on any atom is -0.356 e. The van der Waals surface area contributed by atoms with Crippen molar-refractivity contribution >= 4 is 29.9 Å². The maximum absolute atomic E-state index is 11.7. The lowest BCUT2D eigenvalue weighted by molar-refractivity contribution is 0.238. The molecule has 0 aliphatic heterocycles. The molecule has 1 atom stereocenters. The van der Waals surface area contributed by atoms with Gasteiger partial charge in [-0.1, -0.05) is 36.4 Å². The van der Waals surface area contributed by atoms with Crippen LogP contribution in [-0.2, 0) is 13.1 Å². The van der Waals surface area contributed by atoms with Crippen molar-refractivity contribution < 1.29 is 0 Å². The van der Waals surface area contributed by atoms with Gasteiger partial charge in [-0.15, -0.1) is 24.0 Å². The van der Waals surface area contributed by atoms with Crippen LogP contribution in [-0.4, -0.2) is 48.7 Å². The lowest BCUT2D eigenvalue weighted by Crippen LogP contribution is -2.40. The summed E-state index contributed by atoms with van der Waals surface area (Å²) in [6, 6.07) is 16.3. The first-order valence-corrected chi connectivity index (χ1v) is 10.4. The van der Waals surface area contributed by atoms with Crippen molar-refractivity contribution in [3.8, 4) is 0 Å². The molecule has 0 aliphatic carbocycles. The van der Waals surface area contributed by atoms with Crippen molar-refractivity contribution in [2.24, 2.45) is 4.99 Å². The van der Waals surface area contributed by atoms with Gasteiger partial charge in [-0.3, -0.25) is 14.7 Å². The van der Waals surface area contributed by atoms with E-state index in [4.69, 9.17) is 0 Å². The molecule has 1 aromatic carbocycles. The molecule has 1 heterocycles. The number of unbranched alkanes of at least 4 members (excludes halogenated alkanes) is 1. The van der Waals surface area contributed by atoms with E-state index in [-0.39, 0.29) is 29.5 Å². The Morgan fingerprint density at radius 1 is 1.07 bits per heavy atom. The Morgan fingerprint density at radius 3 is 2.47 bits per heavy atom. The number of aliphatic imine (C=N–C) groups is 1. The zero-order valence-electron chi connectivity index (χ0n) is 18.4. The van der Waals surface area contributed by atoms with E-state index in [9.17, 15) is 4.79 Å². The topological polar surface area (TPSA) is 61.7 Å². The summed E-state index contributed by atoms with van der Waals surface area (Å²) in [7, 11) is 3.96. The summed E-state index contributed by atoms with van der Waals surface area (Å²) in [6.45, 7) is 5.68. The number of rotatable bonds is 11. The second-order valence-corrected chi connectivity index (χ2v) is 7.40. The SMILES string of the molecule is CN=C(NCCCCn1ccccc1=O)NCCC(C)N(C)Cc1ccccc1.I. The van der Waals surface area contributed by atoms with E-state index >= 15 is 0 Å². The molecule has 0 aliphatic rings. The number of benzene rings is 1. The van der Waals surface area contributed by atoms with Crippen molar-refractivity contribution in [1.82, 2.24) is 20.1 Å². The number of halogens is 1. The number of hydrogen-bond donors (Lipinski definition) is 2. The van der Waals surface area contributed by atoms with Gasteiger partial charge in [0.1, 0.15) is 0 Å². The van der Waals surface area contributed by atoms with E-state index in [1.807, 2.05) is 12.3 Å². The summed E-state index contributed by atoms with van der Waals surface area (Å²) in [6.07, 6.45) is 4.82. The van der Waals surface area contributed by atoms with Gasteiger partial charge in [0.15, 0.2) is 5.96 Å². The first kappa shape index (κ1) is 26.2. The van der Waals surface area contributed by atoms with Gasteiger partial charge in [-0.05, 0) is 44.9 Å². The van der Waals surface area contributed by atoms with Gasteiger partial charge in [0.25, 0.3) is 0 Å². The number of pyridine rings is 1. The molecule has 30 heavy (non-hydrogen) atoms. The Kier molecular flexibility index (Phi) is 13.1. The van der Waals surface area contributed by atoms with Crippen molar-refractivity contribution in [2.45, 2.75) is 45.3 Å². The van der Waals surface area contributed by atoms with Gasteiger partial charge in [0, 0.05) is 51.5 Å². The van der Waals surface area contributed by atoms with Gasteiger partial charge in [0.05, 0.1) is 0 Å². The Hall–Kier alpha value is -1.87. The van der Waals surface area contributed by atoms with Gasteiger partial charge < -0.3 is 15.2 Å². The molecule has 2 rings (SSSR count). The molecule has 6 nitrogen and oxygen atoms in total. The molecular formula is C23H36IN5O. The molecular weight excluding hydrogens is 489 g/mol. The molecule has 0 radical (unpaired) electrons. The Labute approximate surface area is 197 Å². The maximum atomic E-state index is 11.7. The predicted molar refractivity (Wildman–Crippen MR) is 137 cm³/mol. The highest BCUT2D eigenvalue weighted by Crippen LogP contribution is 2.07. The van der Waals surface area contributed by atoms with Gasteiger partial charge in [0.2, 0.25) is 5.56 Å². The zero-order valence-corrected chi connectivity index (χ0v) is 20.7. The van der Waals surface area contributed by atoms with Crippen LogP contribution in [0.1, 0.15) is 31.7 Å². The third-order valence-corrected chi connectivity index (χ3v) is 5.12. The van der Waals surface area contributed by atoms with Gasteiger partial charge in [-0.25, -0.2) is 0 Å². The molecule has 7 heteroatoms. The van der Waals surface area contributed by atoms with Crippen LogP contribution in [0.4, 0.5) is 0 Å². The number of nitrogens with zero attached hydrogens (tertiary/aromatic N) is 3. The standard InChI is InChI=1S/C23H35N5O.HI/c1-20(27(3)19-21-11-5-4-6-12-21)14-16-26-23(24-2)25-15-8-10-18-28-17-9-7-13-22(28)29;/h4-7,9,11-13,17,20H,8,10,14-16,18-19H2,1-3H3,(H2,24,25,26);1H. The highest BCUT2D eigenvalue weighted by Gasteiger charge is 2.09. The highest BCUT2D eigenvalue weighted by molar-refractivity contribution is 14.0. The first-order chi connectivity index (χ1) is 14.1. The van der Waals surface area contributed by atoms with E-state index in [0.29, 0.717) is 6.04 Å². The molecule has 2 aromatic rings. The van der Waals surface area contributed by atoms with Crippen LogP contribution in [0.25, 0.3) is 0 Å². The molecule has 0 saturated carbocycles. The van der Waals surface area contributed by atoms with Crippen molar-refractivity contribution in [2.75, 3.05) is 27.2 Å². The molecule has 2 N–H and O–H groups in total. The number of aryl methyl sites for hydroxylation is 1. The fourth-order valence-electron chi connectivity index (χ4n) is 3.13. The molecule has 1 unspecified atom stereocenters. The summed E-state index contributed by atoms with van der Waals surface area (Å²) in [4.78, 5) is 18.3. The van der Waals surface area contributed by atoms with E-state index in [1.165, 1.54) is 5.56 Å². The van der Waals surface area contributed by atoms with E-state index in [1.54, 1.807) is 23.7 Å². The second-order valence-electron chi connectivity index (χ2n) is 7.40. The zero-order chi connectivity index (χ0) is 20.9. The van der Waals surface area contributed by atoms with E-state index in [2.05, 4.69) is 64.8 Å². The minimum atomic E-state index is 0. The van der Waals surface area contributed by atoms with Crippen LogP contribution < -0.4 is 16.2 Å². The van der Waals surface area contributed by atoms with Crippen LogP contribution in [0.3, 0.4) is 0 Å². The average molecular weight is 525 g/mol. The summed E-state index contributed by atoms with van der Waals surface area (Å²) >= 11 is 0. The Morgan fingerprint density at radius 2 is 1.77 bits per heavy atom. The molecule has 0 spiro atoms. The van der Waals surface area contributed by atoms with E-state index < -0.39 is 0 Å². The number of aromatic nitrogens is 1. The monoisotopic (exact) mass is 525 g/mol. The number of nitrogens with one attached hydrogen (secondary N) is 2. The average Bonchev–Trinajstić information content (AvgIpc) is 2.74. The van der Waals surface area contributed by atoms with Gasteiger partial charge >= 0.3 is 0 Å².